The van der Waals surface area contributed by atoms with Crippen LogP contribution in [0.2, 0.25) is 0 Å². The summed E-state index contributed by atoms with van der Waals surface area (Å²) in [5, 5.41) is 17.6. The highest BCUT2D eigenvalue weighted by Crippen LogP contribution is 2.75. The Kier molecular flexibility index (Phi) is 10.2. The molecule has 6 atom stereocenters. The summed E-state index contributed by atoms with van der Waals surface area (Å²) in [4.78, 5) is 74.5. The second-order valence-electron chi connectivity index (χ2n) is 13.2. The molecule has 5 rings (SSSR count). The highest BCUT2D eigenvalue weighted by atomic mass is 32.1. The lowest BCUT2D eigenvalue weighted by atomic mass is 9.28. The van der Waals surface area contributed by atoms with E-state index < -0.39 is 52.9 Å². The Hall–Kier alpha value is -3.87. The van der Waals surface area contributed by atoms with E-state index in [9.17, 15) is 29.1 Å². The summed E-state index contributed by atoms with van der Waals surface area (Å²) in [5.41, 5.74) is -1.01. The third-order valence-corrected chi connectivity index (χ3v) is 11.4. The number of thiazole rings is 1. The normalized spacial score (nSPS) is 25.6. The lowest BCUT2D eigenvalue weighted by molar-refractivity contribution is -0.272. The molecular formula is C33H45N5O7S. The number of hydrogen-bond donors (Lipinski definition) is 3. The van der Waals surface area contributed by atoms with Crippen LogP contribution in [0.5, 0.6) is 0 Å². The zero-order valence-electron chi connectivity index (χ0n) is 27.7. The second-order valence-corrected chi connectivity index (χ2v) is 14.1. The summed E-state index contributed by atoms with van der Waals surface area (Å²) in [6.07, 6.45) is 1.93. The smallest absolute Gasteiger partial charge is 0.310 e. The van der Waals surface area contributed by atoms with Gasteiger partial charge in [0.25, 0.3) is 11.8 Å². The molecule has 3 N–H and O–H groups in total. The van der Waals surface area contributed by atoms with Gasteiger partial charge in [-0.1, -0.05) is 54.0 Å². The second kappa shape index (κ2) is 13.5. The predicted octanol–water partition coefficient (Wildman–Crippen LogP) is 4.09. The van der Waals surface area contributed by atoms with Gasteiger partial charge < -0.3 is 25.4 Å². The van der Waals surface area contributed by atoms with Crippen LogP contribution in [0.25, 0.3) is 0 Å². The van der Waals surface area contributed by atoms with Crippen molar-refractivity contribution in [1.82, 2.24) is 25.5 Å². The zero-order valence-corrected chi connectivity index (χ0v) is 28.5. The number of likely N-dealkylation sites (N-methyl/N-ethyl adjacent to an activating group) is 1. The van der Waals surface area contributed by atoms with Crippen molar-refractivity contribution in [2.75, 3.05) is 7.05 Å². The summed E-state index contributed by atoms with van der Waals surface area (Å²) in [6.45, 7) is 12.8. The Labute approximate surface area is 273 Å². The molecule has 3 amide bonds. The molecule has 13 heteroatoms. The molecule has 0 radical (unpaired) electrons. The molecule has 0 saturated heterocycles. The van der Waals surface area contributed by atoms with Gasteiger partial charge in [0.05, 0.1) is 5.41 Å². The number of pyridine rings is 1. The SMILES string of the molecule is CC[C@H](C)[C@H](NC(=O)c1ccccn1)C(=O)N(C)[C@H](C[C@@H](OC(C)=O)c1nc(C(=O)NC23CC(C(=O)O)([C@@H]2C)[C@@H]3C)cs1)C(C)C. The van der Waals surface area contributed by atoms with Crippen LogP contribution in [-0.4, -0.2) is 74.3 Å². The number of amides is 3. The van der Waals surface area contributed by atoms with E-state index >= 15 is 0 Å². The van der Waals surface area contributed by atoms with Crippen molar-refractivity contribution >= 4 is 41.0 Å². The predicted molar refractivity (Wildman–Crippen MR) is 171 cm³/mol. The van der Waals surface area contributed by atoms with E-state index in [1.165, 1.54) is 24.5 Å². The minimum Gasteiger partial charge on any atom is -0.481 e. The van der Waals surface area contributed by atoms with E-state index in [1.807, 2.05) is 41.5 Å². The van der Waals surface area contributed by atoms with Gasteiger partial charge in [-0.3, -0.25) is 29.0 Å². The first-order chi connectivity index (χ1) is 21.6. The lowest BCUT2D eigenvalue weighted by Gasteiger charge is -2.77. The fourth-order valence-electron chi connectivity index (χ4n) is 7.20. The molecule has 250 valence electrons. The van der Waals surface area contributed by atoms with Gasteiger partial charge in [0, 0.05) is 43.5 Å². The van der Waals surface area contributed by atoms with Crippen molar-refractivity contribution in [2.24, 2.45) is 29.1 Å². The molecule has 0 aromatic carbocycles. The molecule has 2 aromatic rings. The molecule has 3 saturated carbocycles. The van der Waals surface area contributed by atoms with Crippen LogP contribution >= 0.6 is 11.3 Å². The topological polar surface area (TPSA) is 168 Å². The monoisotopic (exact) mass is 655 g/mol. The summed E-state index contributed by atoms with van der Waals surface area (Å²) in [5.74, 6) is -3.12. The minimum absolute atomic E-state index is 0.0624. The number of nitrogens with one attached hydrogen (secondary N) is 2. The van der Waals surface area contributed by atoms with Crippen LogP contribution in [0.15, 0.2) is 29.8 Å². The number of carbonyl (C=O) groups excluding carboxylic acids is 4. The van der Waals surface area contributed by atoms with Gasteiger partial charge in [-0.05, 0) is 42.2 Å². The molecular weight excluding hydrogens is 610 g/mol. The third-order valence-electron chi connectivity index (χ3n) is 10.5. The number of nitrogens with zero attached hydrogens (tertiary/aromatic N) is 3. The van der Waals surface area contributed by atoms with Crippen LogP contribution in [0, 0.1) is 29.1 Å². The number of aliphatic carboxylic acids is 1. The van der Waals surface area contributed by atoms with E-state index in [2.05, 4.69) is 20.6 Å². The van der Waals surface area contributed by atoms with Crippen molar-refractivity contribution in [3.8, 4) is 0 Å². The third kappa shape index (κ3) is 6.13. The molecule has 0 spiro atoms. The number of hydrogen-bond acceptors (Lipinski definition) is 9. The maximum Gasteiger partial charge on any atom is 0.310 e. The lowest BCUT2D eigenvalue weighted by Crippen LogP contribution is -2.88. The van der Waals surface area contributed by atoms with Crippen LogP contribution < -0.4 is 10.6 Å². The zero-order chi connectivity index (χ0) is 34.1. The minimum atomic E-state index is -0.835. The largest absolute Gasteiger partial charge is 0.481 e. The molecule has 2 bridgehead atoms. The summed E-state index contributed by atoms with van der Waals surface area (Å²) < 4.78 is 5.70. The van der Waals surface area contributed by atoms with E-state index in [1.54, 1.807) is 35.5 Å². The van der Waals surface area contributed by atoms with Crippen LogP contribution in [-0.2, 0) is 19.1 Å². The van der Waals surface area contributed by atoms with Gasteiger partial charge in [-0.25, -0.2) is 4.98 Å². The number of carbonyl (C=O) groups is 5. The maximum absolute atomic E-state index is 14.0. The van der Waals surface area contributed by atoms with E-state index in [-0.39, 0.29) is 47.4 Å². The molecule has 0 unspecified atom stereocenters. The fraction of sp³-hybridized carbons (Fsp3) is 0.606. The van der Waals surface area contributed by atoms with Gasteiger partial charge in [0.2, 0.25) is 5.91 Å². The average molecular weight is 656 g/mol. The summed E-state index contributed by atoms with van der Waals surface area (Å²) >= 11 is 1.18. The van der Waals surface area contributed by atoms with Crippen molar-refractivity contribution in [2.45, 2.75) is 91.5 Å². The number of carboxylic acids is 1. The molecule has 2 heterocycles. The molecule has 0 aliphatic heterocycles. The Morgan fingerprint density at radius 2 is 1.78 bits per heavy atom. The van der Waals surface area contributed by atoms with Crippen LogP contribution in [0.3, 0.4) is 0 Å². The van der Waals surface area contributed by atoms with Crippen molar-refractivity contribution in [3.05, 3.63) is 46.2 Å². The fourth-order valence-corrected chi connectivity index (χ4v) is 8.04. The number of ether oxygens (including phenoxy) is 1. The summed E-state index contributed by atoms with van der Waals surface area (Å²) in [6, 6.07) is 3.78. The van der Waals surface area contributed by atoms with Gasteiger partial charge in [0.1, 0.15) is 22.4 Å². The first-order valence-corrected chi connectivity index (χ1v) is 16.7. The van der Waals surface area contributed by atoms with Crippen LogP contribution in [0.1, 0.15) is 99.8 Å². The Bertz CT molecular complexity index is 1470. The Morgan fingerprint density at radius 1 is 1.11 bits per heavy atom. The molecule has 3 fully saturated rings. The van der Waals surface area contributed by atoms with Crippen molar-refractivity contribution in [3.63, 3.8) is 0 Å². The van der Waals surface area contributed by atoms with Gasteiger partial charge in [0.15, 0.2) is 6.10 Å². The highest BCUT2D eigenvalue weighted by molar-refractivity contribution is 7.09. The Morgan fingerprint density at radius 3 is 2.30 bits per heavy atom. The van der Waals surface area contributed by atoms with Crippen molar-refractivity contribution < 1.29 is 33.8 Å². The standard InChI is InChI=1S/C33H45N5O7S/c1-9-18(4)26(36-27(40)22-12-10-11-13-34-22)30(42)38(8)24(17(2)3)14-25(45-21(7)39)29-35-23(15-46-29)28(41)37-33-16-32(19(33)5,20(33)6)31(43)44/h10-13,15,17-20,24-26H,9,14,16H2,1-8H3,(H,36,40)(H,37,41)(H,43,44)/t18-,19-,20-,24+,25+,26-,32?,33?/m0/s1. The number of aromatic nitrogens is 2. The molecule has 3 aliphatic rings. The molecule has 2 aromatic heterocycles. The highest BCUT2D eigenvalue weighted by Gasteiger charge is 2.83. The first-order valence-electron chi connectivity index (χ1n) is 15.8. The number of rotatable bonds is 14. The van der Waals surface area contributed by atoms with E-state index in [0.717, 1.165) is 0 Å². The van der Waals surface area contributed by atoms with E-state index in [4.69, 9.17) is 4.74 Å². The summed E-state index contributed by atoms with van der Waals surface area (Å²) in [7, 11) is 1.68. The number of carboxylic acid groups (broad SMARTS) is 1. The van der Waals surface area contributed by atoms with Crippen LogP contribution in [0.4, 0.5) is 0 Å². The quantitative estimate of drug-likeness (QED) is 0.254. The average Bonchev–Trinajstić information content (AvgIpc) is 3.52. The molecule has 12 nitrogen and oxygen atoms in total. The van der Waals surface area contributed by atoms with Gasteiger partial charge >= 0.3 is 11.9 Å². The Balaban J connectivity index is 1.51. The molecule has 3 aliphatic carbocycles. The van der Waals surface area contributed by atoms with Gasteiger partial charge in [-0.2, -0.15) is 0 Å². The number of esters is 1. The maximum atomic E-state index is 14.0. The van der Waals surface area contributed by atoms with E-state index in [0.29, 0.717) is 17.8 Å². The molecule has 46 heavy (non-hydrogen) atoms. The first kappa shape index (κ1) is 35.0. The van der Waals surface area contributed by atoms with Gasteiger partial charge in [-0.15, -0.1) is 11.3 Å². The van der Waals surface area contributed by atoms with Crippen molar-refractivity contribution in [1.29, 1.82) is 0 Å².